The van der Waals surface area contributed by atoms with E-state index in [1.807, 2.05) is 48.2 Å². The Kier molecular flexibility index (Phi) is 5.21. The third kappa shape index (κ3) is 4.04. The Labute approximate surface area is 160 Å². The molecule has 0 spiro atoms. The smallest absolute Gasteiger partial charge is 0.232 e. The molecule has 0 saturated heterocycles. The summed E-state index contributed by atoms with van der Waals surface area (Å²) in [6.45, 7) is 5.30. The quantitative estimate of drug-likeness (QED) is 0.460. The molecule has 9 heteroatoms. The van der Waals surface area contributed by atoms with Gasteiger partial charge in [-0.2, -0.15) is 4.98 Å². The van der Waals surface area contributed by atoms with Crippen LogP contribution in [0.15, 0.2) is 34.2 Å². The minimum absolute atomic E-state index is 0.00417. The lowest BCUT2D eigenvalue weighted by molar-refractivity contribution is 0.0761. The lowest BCUT2D eigenvalue weighted by atomic mass is 10.3. The van der Waals surface area contributed by atoms with Crippen LogP contribution in [0.3, 0.4) is 0 Å². The molecule has 3 heterocycles. The molecule has 4 rings (SSSR count). The van der Waals surface area contributed by atoms with Crippen LogP contribution >= 0.6 is 11.3 Å². The molecule has 8 nitrogen and oxygen atoms in total. The molecule has 0 aliphatic carbocycles. The van der Waals surface area contributed by atoms with Gasteiger partial charge in [0.05, 0.1) is 24.2 Å². The first-order valence-corrected chi connectivity index (χ1v) is 9.76. The van der Waals surface area contributed by atoms with E-state index in [2.05, 4.69) is 25.4 Å². The molecule has 0 saturated carbocycles. The summed E-state index contributed by atoms with van der Waals surface area (Å²) in [5.41, 5.74) is 2.80. The normalized spacial score (nSPS) is 12.7. The zero-order valence-corrected chi connectivity index (χ0v) is 16.0. The van der Waals surface area contributed by atoms with Gasteiger partial charge in [0.1, 0.15) is 16.6 Å². The Morgan fingerprint density at radius 1 is 1.26 bits per heavy atom. The first-order valence-electron chi connectivity index (χ1n) is 8.88. The second kappa shape index (κ2) is 7.93. The molecule has 1 aromatic carbocycles. The van der Waals surface area contributed by atoms with Gasteiger partial charge in [0.2, 0.25) is 5.89 Å². The summed E-state index contributed by atoms with van der Waals surface area (Å²) in [6.07, 6.45) is 1.15. The van der Waals surface area contributed by atoms with E-state index in [-0.39, 0.29) is 6.10 Å². The fourth-order valence-corrected chi connectivity index (χ4v) is 3.64. The van der Waals surface area contributed by atoms with Crippen LogP contribution in [0.5, 0.6) is 0 Å². The molecular weight excluding hydrogens is 364 g/mol. The summed E-state index contributed by atoms with van der Waals surface area (Å²) in [5.74, 6) is 1.22. The van der Waals surface area contributed by atoms with Crippen LogP contribution in [0.4, 0.5) is 0 Å². The molecule has 140 valence electrons. The van der Waals surface area contributed by atoms with Gasteiger partial charge < -0.3 is 9.26 Å². The van der Waals surface area contributed by atoms with Gasteiger partial charge in [-0.3, -0.25) is 0 Å². The average Bonchev–Trinajstić information content (AvgIpc) is 3.40. The zero-order chi connectivity index (χ0) is 18.6. The summed E-state index contributed by atoms with van der Waals surface area (Å²) in [7, 11) is 0. The predicted molar refractivity (Wildman–Crippen MR) is 100 cm³/mol. The van der Waals surface area contributed by atoms with Crippen molar-refractivity contribution < 1.29 is 9.26 Å². The third-order valence-corrected chi connectivity index (χ3v) is 5.20. The highest BCUT2D eigenvalue weighted by molar-refractivity contribution is 7.09. The maximum atomic E-state index is 5.58. The summed E-state index contributed by atoms with van der Waals surface area (Å²) < 4.78 is 12.8. The second-order valence-corrected chi connectivity index (χ2v) is 7.00. The standard InChI is InChI=1S/C18H20N6O2S/c1-3-25-12(2)18-19-13(11-27-18)10-17-20-16(22-26-17)8-9-24-15-7-5-4-6-14(15)21-23-24/h4-7,11-12H,3,8-10H2,1-2H3/t12-/m0/s1. The lowest BCUT2D eigenvalue weighted by Gasteiger charge is -2.06. The molecule has 4 aromatic rings. The fourth-order valence-electron chi connectivity index (χ4n) is 2.82. The molecule has 1 atom stereocenters. The van der Waals surface area contributed by atoms with Gasteiger partial charge in [0, 0.05) is 18.4 Å². The number of thiazole rings is 1. The van der Waals surface area contributed by atoms with E-state index in [1.165, 1.54) is 0 Å². The SMILES string of the molecule is CCO[C@@H](C)c1nc(Cc2nc(CCn3nnc4ccccc43)no2)cs1. The largest absolute Gasteiger partial charge is 0.372 e. The Hall–Kier alpha value is -2.65. The van der Waals surface area contributed by atoms with Gasteiger partial charge in [0.15, 0.2) is 5.82 Å². The molecule has 0 radical (unpaired) electrons. The van der Waals surface area contributed by atoms with E-state index in [4.69, 9.17) is 9.26 Å². The van der Waals surface area contributed by atoms with Gasteiger partial charge in [-0.25, -0.2) is 9.67 Å². The van der Waals surface area contributed by atoms with Crippen molar-refractivity contribution in [1.82, 2.24) is 30.1 Å². The summed E-state index contributed by atoms with van der Waals surface area (Å²) in [4.78, 5) is 9.07. The molecule has 0 bridgehead atoms. The van der Waals surface area contributed by atoms with E-state index in [9.17, 15) is 0 Å². The summed E-state index contributed by atoms with van der Waals surface area (Å²) in [5, 5.41) is 15.4. The van der Waals surface area contributed by atoms with Crippen LogP contribution in [0.1, 0.15) is 42.4 Å². The van der Waals surface area contributed by atoms with Crippen molar-refractivity contribution in [3.8, 4) is 0 Å². The molecule has 27 heavy (non-hydrogen) atoms. The van der Waals surface area contributed by atoms with Gasteiger partial charge in [-0.05, 0) is 26.0 Å². The minimum Gasteiger partial charge on any atom is -0.372 e. The first kappa shape index (κ1) is 17.7. The zero-order valence-electron chi connectivity index (χ0n) is 15.2. The maximum Gasteiger partial charge on any atom is 0.232 e. The van der Waals surface area contributed by atoms with Crippen molar-refractivity contribution in [2.45, 2.75) is 39.3 Å². The second-order valence-electron chi connectivity index (χ2n) is 6.11. The van der Waals surface area contributed by atoms with Crippen molar-refractivity contribution >= 4 is 22.4 Å². The molecule has 3 aromatic heterocycles. The van der Waals surface area contributed by atoms with Gasteiger partial charge in [-0.1, -0.05) is 22.5 Å². The number of rotatable bonds is 8. The van der Waals surface area contributed by atoms with E-state index in [0.717, 1.165) is 21.7 Å². The monoisotopic (exact) mass is 384 g/mol. The van der Waals surface area contributed by atoms with Crippen molar-refractivity contribution in [1.29, 1.82) is 0 Å². The Balaban J connectivity index is 1.37. The van der Waals surface area contributed by atoms with Crippen LogP contribution in [0.2, 0.25) is 0 Å². The van der Waals surface area contributed by atoms with Crippen LogP contribution in [-0.4, -0.2) is 36.7 Å². The molecule has 0 aliphatic rings. The average molecular weight is 384 g/mol. The molecule has 0 fully saturated rings. The van der Waals surface area contributed by atoms with E-state index in [1.54, 1.807) is 11.3 Å². The van der Waals surface area contributed by atoms with Gasteiger partial charge >= 0.3 is 0 Å². The molecule has 0 amide bonds. The fraction of sp³-hybridized carbons (Fsp3) is 0.389. The minimum atomic E-state index is 0.00417. The highest BCUT2D eigenvalue weighted by Crippen LogP contribution is 2.22. The van der Waals surface area contributed by atoms with Crippen LogP contribution < -0.4 is 0 Å². The summed E-state index contributed by atoms with van der Waals surface area (Å²) >= 11 is 1.59. The molecule has 0 N–H and O–H groups in total. The number of hydrogen-bond donors (Lipinski definition) is 0. The van der Waals surface area contributed by atoms with Crippen LogP contribution in [-0.2, 0) is 24.1 Å². The van der Waals surface area contributed by atoms with E-state index < -0.39 is 0 Å². The van der Waals surface area contributed by atoms with Crippen LogP contribution in [0, 0.1) is 0 Å². The van der Waals surface area contributed by atoms with Crippen molar-refractivity contribution in [3.05, 3.63) is 52.1 Å². The third-order valence-electron chi connectivity index (χ3n) is 4.14. The Bertz CT molecular complexity index is 1020. The summed E-state index contributed by atoms with van der Waals surface area (Å²) in [6, 6.07) is 7.87. The number of ether oxygens (including phenoxy) is 1. The molecule has 0 unspecified atom stereocenters. The number of nitrogens with zero attached hydrogens (tertiary/aromatic N) is 6. The number of aryl methyl sites for hydroxylation is 2. The lowest BCUT2D eigenvalue weighted by Crippen LogP contribution is -2.04. The maximum absolute atomic E-state index is 5.58. The van der Waals surface area contributed by atoms with Crippen molar-refractivity contribution in [2.75, 3.05) is 6.61 Å². The molecular formula is C18H20N6O2S. The Morgan fingerprint density at radius 2 is 2.15 bits per heavy atom. The van der Waals surface area contributed by atoms with Crippen LogP contribution in [0.25, 0.3) is 11.0 Å². The van der Waals surface area contributed by atoms with E-state index in [0.29, 0.717) is 37.7 Å². The first-order chi connectivity index (χ1) is 13.2. The predicted octanol–water partition coefficient (Wildman–Crippen LogP) is 3.20. The van der Waals surface area contributed by atoms with Gasteiger partial charge in [0.25, 0.3) is 0 Å². The van der Waals surface area contributed by atoms with Crippen molar-refractivity contribution in [2.24, 2.45) is 0 Å². The number of para-hydroxylation sites is 1. The molecule has 0 aliphatic heterocycles. The Morgan fingerprint density at radius 3 is 3.04 bits per heavy atom. The number of aromatic nitrogens is 6. The topological polar surface area (TPSA) is 91.8 Å². The number of fused-ring (bicyclic) bond motifs is 1. The van der Waals surface area contributed by atoms with E-state index >= 15 is 0 Å². The van der Waals surface area contributed by atoms with Crippen molar-refractivity contribution in [3.63, 3.8) is 0 Å². The number of benzene rings is 1. The number of hydrogen-bond acceptors (Lipinski definition) is 8. The van der Waals surface area contributed by atoms with Gasteiger partial charge in [-0.15, -0.1) is 16.4 Å². The highest BCUT2D eigenvalue weighted by atomic mass is 32.1. The highest BCUT2D eigenvalue weighted by Gasteiger charge is 2.14.